The van der Waals surface area contributed by atoms with Gasteiger partial charge in [-0.15, -0.1) is 0 Å². The molecule has 0 heterocycles. The lowest BCUT2D eigenvalue weighted by Gasteiger charge is -2.20. The van der Waals surface area contributed by atoms with Crippen molar-refractivity contribution in [3.63, 3.8) is 0 Å². The van der Waals surface area contributed by atoms with E-state index in [4.69, 9.17) is 16.3 Å². The Bertz CT molecular complexity index is 313. The van der Waals surface area contributed by atoms with Crippen molar-refractivity contribution >= 4 is 11.6 Å². The quantitative estimate of drug-likeness (QED) is 0.721. The number of rotatable bonds is 2. The van der Waals surface area contributed by atoms with Gasteiger partial charge in [0.1, 0.15) is 0 Å². The molecule has 0 bridgehead atoms. The fourth-order valence-corrected chi connectivity index (χ4v) is 1.34. The van der Waals surface area contributed by atoms with Crippen LogP contribution in [0.5, 0.6) is 0 Å². The Labute approximate surface area is 91.0 Å². The van der Waals surface area contributed by atoms with Crippen molar-refractivity contribution in [2.24, 2.45) is 0 Å². The number of halogens is 1. The van der Waals surface area contributed by atoms with Crippen molar-refractivity contribution in [3.05, 3.63) is 34.3 Å². The summed E-state index contributed by atoms with van der Waals surface area (Å²) in [5.74, 6) is 0. The fourth-order valence-electron chi connectivity index (χ4n) is 1.12. The molecule has 78 valence electrons. The zero-order valence-corrected chi connectivity index (χ0v) is 9.98. The minimum absolute atomic E-state index is 0.0912. The zero-order chi connectivity index (χ0) is 10.8. The maximum atomic E-state index is 5.87. The van der Waals surface area contributed by atoms with Gasteiger partial charge in [0.05, 0.1) is 12.2 Å². The molecule has 14 heavy (non-hydrogen) atoms. The molecule has 1 rings (SSSR count). The first-order chi connectivity index (χ1) is 6.38. The summed E-state index contributed by atoms with van der Waals surface area (Å²) in [6, 6.07) is 5.88. The third kappa shape index (κ3) is 3.69. The molecule has 0 fully saturated rings. The molecule has 0 N–H and O–H groups in total. The Morgan fingerprint density at radius 3 is 2.43 bits per heavy atom. The Balaban J connectivity index is 2.68. The van der Waals surface area contributed by atoms with Crippen LogP contribution in [0.1, 0.15) is 31.9 Å². The van der Waals surface area contributed by atoms with E-state index in [9.17, 15) is 0 Å². The standard InChI is InChI=1S/C12H17ClO/c1-9-7-11(13)6-5-10(9)8-14-12(2,3)4/h5-7H,8H2,1-4H3. The smallest absolute Gasteiger partial charge is 0.0726 e. The second kappa shape index (κ2) is 4.33. The van der Waals surface area contributed by atoms with Gasteiger partial charge in [-0.1, -0.05) is 17.7 Å². The first kappa shape index (κ1) is 11.5. The van der Waals surface area contributed by atoms with E-state index in [2.05, 4.69) is 20.8 Å². The summed E-state index contributed by atoms with van der Waals surface area (Å²) < 4.78 is 5.69. The summed E-state index contributed by atoms with van der Waals surface area (Å²) in [5, 5.41) is 0.780. The minimum atomic E-state index is -0.0912. The average molecular weight is 213 g/mol. The van der Waals surface area contributed by atoms with Crippen LogP contribution in [0.4, 0.5) is 0 Å². The molecule has 1 aromatic carbocycles. The Hall–Kier alpha value is -0.530. The van der Waals surface area contributed by atoms with Gasteiger partial charge in [-0.25, -0.2) is 0 Å². The monoisotopic (exact) mass is 212 g/mol. The highest BCUT2D eigenvalue weighted by molar-refractivity contribution is 6.30. The van der Waals surface area contributed by atoms with Crippen LogP contribution in [-0.4, -0.2) is 5.60 Å². The molecule has 1 aromatic rings. The summed E-state index contributed by atoms with van der Waals surface area (Å²) >= 11 is 5.87. The minimum Gasteiger partial charge on any atom is -0.371 e. The Morgan fingerprint density at radius 2 is 1.93 bits per heavy atom. The summed E-state index contributed by atoms with van der Waals surface area (Å²) in [6.45, 7) is 8.86. The molecule has 0 aromatic heterocycles. The molecule has 1 nitrogen and oxygen atoms in total. The van der Waals surface area contributed by atoms with Crippen molar-refractivity contribution in [1.29, 1.82) is 0 Å². The molecule has 0 spiro atoms. The average Bonchev–Trinajstić information content (AvgIpc) is 2.00. The molecule has 0 saturated heterocycles. The molecule has 2 heteroatoms. The van der Waals surface area contributed by atoms with E-state index in [1.807, 2.05) is 25.1 Å². The molecule has 0 aliphatic heterocycles. The van der Waals surface area contributed by atoms with Gasteiger partial charge in [0.15, 0.2) is 0 Å². The molecule has 0 aliphatic carbocycles. The largest absolute Gasteiger partial charge is 0.371 e. The molecule has 0 radical (unpaired) electrons. The van der Waals surface area contributed by atoms with Crippen LogP contribution in [0.15, 0.2) is 18.2 Å². The lowest BCUT2D eigenvalue weighted by Crippen LogP contribution is -2.18. The maximum Gasteiger partial charge on any atom is 0.0726 e. The first-order valence-corrected chi connectivity index (χ1v) is 5.15. The van der Waals surface area contributed by atoms with Crippen LogP contribution in [-0.2, 0) is 11.3 Å². The van der Waals surface area contributed by atoms with Gasteiger partial charge in [-0.3, -0.25) is 0 Å². The molecule has 0 amide bonds. The van der Waals surface area contributed by atoms with Crippen molar-refractivity contribution in [1.82, 2.24) is 0 Å². The fraction of sp³-hybridized carbons (Fsp3) is 0.500. The van der Waals surface area contributed by atoms with Crippen molar-refractivity contribution in [3.8, 4) is 0 Å². The van der Waals surface area contributed by atoms with Crippen molar-refractivity contribution < 1.29 is 4.74 Å². The van der Waals surface area contributed by atoms with Crippen LogP contribution in [0.25, 0.3) is 0 Å². The van der Waals surface area contributed by atoms with E-state index < -0.39 is 0 Å². The van der Waals surface area contributed by atoms with E-state index >= 15 is 0 Å². The molecular weight excluding hydrogens is 196 g/mol. The van der Waals surface area contributed by atoms with Gasteiger partial charge in [-0.2, -0.15) is 0 Å². The third-order valence-corrected chi connectivity index (χ3v) is 2.20. The second-order valence-electron chi connectivity index (χ2n) is 4.47. The third-order valence-electron chi connectivity index (χ3n) is 1.97. The lowest BCUT2D eigenvalue weighted by atomic mass is 10.1. The van der Waals surface area contributed by atoms with E-state index in [-0.39, 0.29) is 5.60 Å². The SMILES string of the molecule is Cc1cc(Cl)ccc1COC(C)(C)C. The van der Waals surface area contributed by atoms with Gasteiger partial charge >= 0.3 is 0 Å². The van der Waals surface area contributed by atoms with E-state index in [0.29, 0.717) is 6.61 Å². The number of ether oxygens (including phenoxy) is 1. The highest BCUT2D eigenvalue weighted by atomic mass is 35.5. The van der Waals surface area contributed by atoms with Crippen LogP contribution in [0.3, 0.4) is 0 Å². The van der Waals surface area contributed by atoms with E-state index in [0.717, 1.165) is 5.02 Å². The van der Waals surface area contributed by atoms with Crippen molar-refractivity contribution in [2.45, 2.75) is 39.9 Å². The molecule has 0 atom stereocenters. The summed E-state index contributed by atoms with van der Waals surface area (Å²) in [6.07, 6.45) is 0. The van der Waals surface area contributed by atoms with Gasteiger partial charge in [0.25, 0.3) is 0 Å². The second-order valence-corrected chi connectivity index (χ2v) is 4.91. The van der Waals surface area contributed by atoms with Crippen molar-refractivity contribution in [2.75, 3.05) is 0 Å². The van der Waals surface area contributed by atoms with Gasteiger partial charge in [0.2, 0.25) is 0 Å². The predicted molar refractivity (Wildman–Crippen MR) is 60.7 cm³/mol. The molecule has 0 saturated carbocycles. The summed E-state index contributed by atoms with van der Waals surface area (Å²) in [7, 11) is 0. The molecule has 0 unspecified atom stereocenters. The Morgan fingerprint density at radius 1 is 1.29 bits per heavy atom. The maximum absolute atomic E-state index is 5.87. The first-order valence-electron chi connectivity index (χ1n) is 4.77. The van der Waals surface area contributed by atoms with Crippen LogP contribution < -0.4 is 0 Å². The Kier molecular flexibility index (Phi) is 3.57. The van der Waals surface area contributed by atoms with Crippen LogP contribution >= 0.6 is 11.6 Å². The van der Waals surface area contributed by atoms with Gasteiger partial charge in [-0.05, 0) is 51.0 Å². The topological polar surface area (TPSA) is 9.23 Å². The molecular formula is C12H17ClO. The summed E-state index contributed by atoms with van der Waals surface area (Å²) in [5.41, 5.74) is 2.29. The number of hydrogen-bond acceptors (Lipinski definition) is 1. The summed E-state index contributed by atoms with van der Waals surface area (Å²) in [4.78, 5) is 0. The zero-order valence-electron chi connectivity index (χ0n) is 9.23. The molecule has 0 aliphatic rings. The normalized spacial score (nSPS) is 11.8. The van der Waals surface area contributed by atoms with Crippen LogP contribution in [0.2, 0.25) is 5.02 Å². The van der Waals surface area contributed by atoms with Gasteiger partial charge in [0, 0.05) is 5.02 Å². The number of hydrogen-bond donors (Lipinski definition) is 0. The number of benzene rings is 1. The lowest BCUT2D eigenvalue weighted by molar-refractivity contribution is -0.0151. The van der Waals surface area contributed by atoms with E-state index in [1.54, 1.807) is 0 Å². The highest BCUT2D eigenvalue weighted by Crippen LogP contribution is 2.18. The van der Waals surface area contributed by atoms with Gasteiger partial charge < -0.3 is 4.74 Å². The number of aryl methyl sites for hydroxylation is 1. The highest BCUT2D eigenvalue weighted by Gasteiger charge is 2.10. The van der Waals surface area contributed by atoms with E-state index in [1.165, 1.54) is 11.1 Å². The van der Waals surface area contributed by atoms with Crippen LogP contribution in [0, 0.1) is 6.92 Å². The predicted octanol–water partition coefficient (Wildman–Crippen LogP) is 3.96.